The maximum absolute atomic E-state index is 12.7. The van der Waals surface area contributed by atoms with Crippen molar-refractivity contribution in [1.82, 2.24) is 9.71 Å². The van der Waals surface area contributed by atoms with Crippen LogP contribution in [0.2, 0.25) is 0 Å². The average Bonchev–Trinajstić information content (AvgIpc) is 3.20. The molecule has 11 heteroatoms. The van der Waals surface area contributed by atoms with Gasteiger partial charge in [0.15, 0.2) is 0 Å². The van der Waals surface area contributed by atoms with Crippen LogP contribution in [0.4, 0.5) is 5.82 Å². The number of hydrogen-bond donors (Lipinski definition) is 1. The SMILES string of the molecule is CCOC(=O)c1cc(C#N)c(N2CC(C(=O)NS(=O)(=O)c3ccc4c(c3)CCO4)C2)nc1C. The number of pyridine rings is 1. The summed E-state index contributed by atoms with van der Waals surface area (Å²) in [6.45, 7) is 4.41. The Balaban J connectivity index is 1.44. The zero-order valence-electron chi connectivity index (χ0n) is 18.1. The minimum atomic E-state index is -4.02. The summed E-state index contributed by atoms with van der Waals surface area (Å²) in [5.74, 6) is -0.777. The molecule has 33 heavy (non-hydrogen) atoms. The lowest BCUT2D eigenvalue weighted by atomic mass is 9.98. The Hall–Kier alpha value is -3.65. The number of carbonyl (C=O) groups is 2. The Morgan fingerprint density at radius 3 is 2.79 bits per heavy atom. The predicted molar refractivity (Wildman–Crippen MR) is 116 cm³/mol. The molecule has 1 saturated heterocycles. The second-order valence-electron chi connectivity index (χ2n) is 7.76. The van der Waals surface area contributed by atoms with Crippen LogP contribution in [0.1, 0.15) is 34.1 Å². The van der Waals surface area contributed by atoms with Gasteiger partial charge in [-0.25, -0.2) is 22.9 Å². The molecule has 4 rings (SSSR count). The van der Waals surface area contributed by atoms with E-state index < -0.39 is 27.8 Å². The number of fused-ring (bicyclic) bond motifs is 1. The number of aryl methyl sites for hydroxylation is 1. The molecule has 1 aromatic heterocycles. The van der Waals surface area contributed by atoms with Gasteiger partial charge in [-0.1, -0.05) is 0 Å². The molecule has 0 radical (unpaired) electrons. The molecular weight excluding hydrogens is 448 g/mol. The van der Waals surface area contributed by atoms with Gasteiger partial charge in [-0.3, -0.25) is 4.79 Å². The van der Waals surface area contributed by atoms with Gasteiger partial charge >= 0.3 is 5.97 Å². The van der Waals surface area contributed by atoms with Crippen molar-refractivity contribution in [2.75, 3.05) is 31.2 Å². The third-order valence-corrected chi connectivity index (χ3v) is 6.91. The maximum Gasteiger partial charge on any atom is 0.340 e. The first-order valence-electron chi connectivity index (χ1n) is 10.4. The highest BCUT2D eigenvalue weighted by Crippen LogP contribution is 2.30. The van der Waals surface area contributed by atoms with Crippen molar-refractivity contribution in [3.8, 4) is 11.8 Å². The molecule has 0 aliphatic carbocycles. The zero-order chi connectivity index (χ0) is 23.8. The second kappa shape index (κ2) is 8.71. The molecule has 172 valence electrons. The van der Waals surface area contributed by atoms with Gasteiger partial charge in [-0.15, -0.1) is 0 Å². The first-order chi connectivity index (χ1) is 15.7. The molecule has 0 saturated carbocycles. The van der Waals surface area contributed by atoms with E-state index >= 15 is 0 Å². The fourth-order valence-electron chi connectivity index (χ4n) is 3.75. The van der Waals surface area contributed by atoms with E-state index in [0.717, 1.165) is 5.56 Å². The van der Waals surface area contributed by atoms with Crippen LogP contribution in [0.25, 0.3) is 0 Å². The van der Waals surface area contributed by atoms with Crippen molar-refractivity contribution in [3.63, 3.8) is 0 Å². The highest BCUT2D eigenvalue weighted by atomic mass is 32.2. The number of amides is 1. The fourth-order valence-corrected chi connectivity index (χ4v) is 4.85. The Morgan fingerprint density at radius 2 is 2.09 bits per heavy atom. The number of anilines is 1. The summed E-state index contributed by atoms with van der Waals surface area (Å²) in [5.41, 5.74) is 1.57. The number of aromatic nitrogens is 1. The van der Waals surface area contributed by atoms with Gasteiger partial charge in [0.05, 0.1) is 40.8 Å². The quantitative estimate of drug-likeness (QED) is 0.619. The highest BCUT2D eigenvalue weighted by molar-refractivity contribution is 7.90. The van der Waals surface area contributed by atoms with Crippen molar-refractivity contribution in [2.24, 2.45) is 5.92 Å². The third-order valence-electron chi connectivity index (χ3n) is 5.57. The molecule has 0 unspecified atom stereocenters. The Bertz CT molecular complexity index is 1280. The molecular formula is C22H22N4O6S. The number of ether oxygens (including phenoxy) is 2. The minimum Gasteiger partial charge on any atom is -0.493 e. The highest BCUT2D eigenvalue weighted by Gasteiger charge is 2.37. The lowest BCUT2D eigenvalue weighted by molar-refractivity contribution is -0.123. The Morgan fingerprint density at radius 1 is 1.33 bits per heavy atom. The van der Waals surface area contributed by atoms with Crippen molar-refractivity contribution in [3.05, 3.63) is 46.6 Å². The van der Waals surface area contributed by atoms with Crippen LogP contribution in [0.3, 0.4) is 0 Å². The van der Waals surface area contributed by atoms with E-state index in [1.165, 1.54) is 18.2 Å². The molecule has 1 N–H and O–H groups in total. The van der Waals surface area contributed by atoms with Crippen LogP contribution in [0.5, 0.6) is 5.75 Å². The summed E-state index contributed by atoms with van der Waals surface area (Å²) in [5, 5.41) is 9.50. The third kappa shape index (κ3) is 4.34. The normalized spacial score (nSPS) is 15.1. The summed E-state index contributed by atoms with van der Waals surface area (Å²) in [7, 11) is -4.02. The number of hydrogen-bond acceptors (Lipinski definition) is 9. The number of nitrogens with zero attached hydrogens (tertiary/aromatic N) is 3. The molecule has 0 spiro atoms. The summed E-state index contributed by atoms with van der Waals surface area (Å²) in [6.07, 6.45) is 0.618. The summed E-state index contributed by atoms with van der Waals surface area (Å²) < 4.78 is 37.8. The molecule has 10 nitrogen and oxygen atoms in total. The van der Waals surface area contributed by atoms with Crippen LogP contribution < -0.4 is 14.4 Å². The Labute approximate surface area is 191 Å². The van der Waals surface area contributed by atoms with Gasteiger partial charge in [-0.05, 0) is 43.7 Å². The molecule has 0 bridgehead atoms. The van der Waals surface area contributed by atoms with Crippen molar-refractivity contribution in [2.45, 2.75) is 25.2 Å². The van der Waals surface area contributed by atoms with Crippen LogP contribution in [0.15, 0.2) is 29.2 Å². The van der Waals surface area contributed by atoms with E-state index in [9.17, 15) is 23.3 Å². The van der Waals surface area contributed by atoms with Crippen LogP contribution in [-0.4, -0.2) is 51.6 Å². The van der Waals surface area contributed by atoms with Gasteiger partial charge in [0.2, 0.25) is 5.91 Å². The monoisotopic (exact) mass is 470 g/mol. The average molecular weight is 471 g/mol. The van der Waals surface area contributed by atoms with E-state index in [1.54, 1.807) is 24.8 Å². The van der Waals surface area contributed by atoms with Crippen LogP contribution in [-0.2, 0) is 26.0 Å². The number of rotatable bonds is 6. The van der Waals surface area contributed by atoms with Gasteiger partial charge in [0, 0.05) is 19.5 Å². The minimum absolute atomic E-state index is 0.00916. The summed E-state index contributed by atoms with van der Waals surface area (Å²) in [6, 6.07) is 7.95. The van der Waals surface area contributed by atoms with E-state index in [-0.39, 0.29) is 35.7 Å². The number of carbonyl (C=O) groups excluding carboxylic acids is 2. The number of benzene rings is 1. The van der Waals surface area contributed by atoms with Crippen LogP contribution >= 0.6 is 0 Å². The predicted octanol–water partition coefficient (Wildman–Crippen LogP) is 1.31. The molecule has 3 heterocycles. The Kier molecular flexibility index (Phi) is 5.95. The number of nitrogens with one attached hydrogen (secondary N) is 1. The lowest BCUT2D eigenvalue weighted by Crippen LogP contribution is -2.55. The van der Waals surface area contributed by atoms with Gasteiger partial charge < -0.3 is 14.4 Å². The van der Waals surface area contributed by atoms with Crippen LogP contribution in [0, 0.1) is 24.2 Å². The van der Waals surface area contributed by atoms with E-state index in [4.69, 9.17) is 9.47 Å². The number of sulfonamides is 1. The second-order valence-corrected chi connectivity index (χ2v) is 9.45. The first-order valence-corrected chi connectivity index (χ1v) is 11.9. The number of esters is 1. The molecule has 2 aliphatic heterocycles. The topological polar surface area (TPSA) is 139 Å². The van der Waals surface area contributed by atoms with Crippen molar-refractivity contribution < 1.29 is 27.5 Å². The van der Waals surface area contributed by atoms with Crippen molar-refractivity contribution >= 4 is 27.7 Å². The molecule has 1 amide bonds. The van der Waals surface area contributed by atoms with Gasteiger partial charge in [0.1, 0.15) is 17.6 Å². The smallest absolute Gasteiger partial charge is 0.340 e. The summed E-state index contributed by atoms with van der Waals surface area (Å²) in [4.78, 5) is 30.7. The summed E-state index contributed by atoms with van der Waals surface area (Å²) >= 11 is 0. The standard InChI is InChI=1S/C22H22N4O6S/c1-3-31-22(28)18-9-15(10-23)20(24-13(18)2)26-11-16(12-26)21(27)25-33(29,30)17-4-5-19-14(8-17)6-7-32-19/h4-5,8-9,16H,3,6-7,11-12H2,1-2H3,(H,25,27). The zero-order valence-corrected chi connectivity index (χ0v) is 18.9. The molecule has 2 aromatic rings. The number of nitriles is 1. The van der Waals surface area contributed by atoms with Gasteiger partial charge in [0.25, 0.3) is 10.0 Å². The van der Waals surface area contributed by atoms with E-state index in [1.807, 2.05) is 6.07 Å². The lowest BCUT2D eigenvalue weighted by Gasteiger charge is -2.39. The largest absolute Gasteiger partial charge is 0.493 e. The van der Waals surface area contributed by atoms with E-state index in [0.29, 0.717) is 30.3 Å². The molecule has 0 atom stereocenters. The molecule has 2 aliphatic rings. The fraction of sp³-hybridized carbons (Fsp3) is 0.364. The molecule has 1 aromatic carbocycles. The van der Waals surface area contributed by atoms with E-state index in [2.05, 4.69) is 9.71 Å². The van der Waals surface area contributed by atoms with Crippen molar-refractivity contribution in [1.29, 1.82) is 5.26 Å². The maximum atomic E-state index is 12.7. The first kappa shape index (κ1) is 22.5. The molecule has 1 fully saturated rings. The van der Waals surface area contributed by atoms with Gasteiger partial charge in [-0.2, -0.15) is 5.26 Å².